The van der Waals surface area contributed by atoms with E-state index >= 15 is 0 Å². The van der Waals surface area contributed by atoms with Gasteiger partial charge >= 0.3 is 0 Å². The number of anilines is 1. The van der Waals surface area contributed by atoms with Crippen molar-refractivity contribution in [1.82, 2.24) is 4.72 Å². The largest absolute Gasteiger partial charge is 0.322 e. The third-order valence-electron chi connectivity index (χ3n) is 4.06. The fraction of sp³-hybridized carbons (Fsp3) is 0.0952. The first-order valence-electron chi connectivity index (χ1n) is 8.56. The van der Waals surface area contributed by atoms with Gasteiger partial charge in [-0.05, 0) is 61.0 Å². The fourth-order valence-electron chi connectivity index (χ4n) is 2.62. The maximum Gasteiger partial charge on any atom is 0.255 e. The van der Waals surface area contributed by atoms with Crippen LogP contribution in [0.2, 0.25) is 5.02 Å². The number of sulfonamides is 1. The maximum absolute atomic E-state index is 12.5. The average Bonchev–Trinajstić information content (AvgIpc) is 2.67. The molecule has 0 fully saturated rings. The van der Waals surface area contributed by atoms with Crippen LogP contribution in [0.4, 0.5) is 5.69 Å². The molecule has 0 saturated carbocycles. The number of nitrogens with one attached hydrogen (secondary N) is 2. The van der Waals surface area contributed by atoms with Gasteiger partial charge in [-0.3, -0.25) is 4.79 Å². The van der Waals surface area contributed by atoms with Gasteiger partial charge in [-0.15, -0.1) is 0 Å². The Morgan fingerprint density at radius 2 is 1.68 bits per heavy atom. The summed E-state index contributed by atoms with van der Waals surface area (Å²) < 4.78 is 27.4. The first kappa shape index (κ1) is 20.1. The van der Waals surface area contributed by atoms with Gasteiger partial charge in [0.25, 0.3) is 5.91 Å². The van der Waals surface area contributed by atoms with E-state index in [1.807, 2.05) is 19.1 Å². The molecule has 0 aliphatic carbocycles. The van der Waals surface area contributed by atoms with Crippen molar-refractivity contribution < 1.29 is 13.2 Å². The van der Waals surface area contributed by atoms with Gasteiger partial charge in [-0.1, -0.05) is 41.4 Å². The lowest BCUT2D eigenvalue weighted by Crippen LogP contribution is -2.23. The van der Waals surface area contributed by atoms with Crippen molar-refractivity contribution in [2.45, 2.75) is 18.4 Å². The Balaban J connectivity index is 1.66. The second-order valence-electron chi connectivity index (χ2n) is 6.30. The quantitative estimate of drug-likeness (QED) is 0.628. The van der Waals surface area contributed by atoms with Gasteiger partial charge in [-0.25, -0.2) is 13.1 Å². The number of hydrogen-bond donors (Lipinski definition) is 2. The van der Waals surface area contributed by atoms with E-state index in [4.69, 9.17) is 11.6 Å². The predicted molar refractivity (Wildman–Crippen MR) is 111 cm³/mol. The van der Waals surface area contributed by atoms with Crippen molar-refractivity contribution in [2.24, 2.45) is 0 Å². The molecule has 28 heavy (non-hydrogen) atoms. The fourth-order valence-corrected chi connectivity index (χ4v) is 3.85. The van der Waals surface area contributed by atoms with Crippen LogP contribution in [0, 0.1) is 6.92 Å². The summed E-state index contributed by atoms with van der Waals surface area (Å²) in [4.78, 5) is 12.4. The Morgan fingerprint density at radius 3 is 2.36 bits per heavy atom. The van der Waals surface area contributed by atoms with E-state index in [0.717, 1.165) is 11.1 Å². The van der Waals surface area contributed by atoms with Crippen molar-refractivity contribution in [3.63, 3.8) is 0 Å². The van der Waals surface area contributed by atoms with E-state index in [9.17, 15) is 13.2 Å². The molecular formula is C21H19ClN2O3S. The number of amides is 1. The lowest BCUT2D eigenvalue weighted by atomic mass is 10.1. The van der Waals surface area contributed by atoms with Crippen molar-refractivity contribution in [2.75, 3.05) is 5.32 Å². The summed E-state index contributed by atoms with van der Waals surface area (Å²) in [6.45, 7) is 2.04. The summed E-state index contributed by atoms with van der Waals surface area (Å²) in [6, 6.07) is 20.2. The lowest BCUT2D eigenvalue weighted by Gasteiger charge is -2.09. The van der Waals surface area contributed by atoms with Gasteiger partial charge in [0.1, 0.15) is 0 Å². The van der Waals surface area contributed by atoms with E-state index in [-0.39, 0.29) is 17.3 Å². The summed E-state index contributed by atoms with van der Waals surface area (Å²) in [6.07, 6.45) is 0. The molecule has 0 unspecified atom stereocenters. The zero-order chi connectivity index (χ0) is 20.1. The van der Waals surface area contributed by atoms with Crippen molar-refractivity contribution >= 4 is 33.2 Å². The minimum Gasteiger partial charge on any atom is -0.322 e. The van der Waals surface area contributed by atoms with Gasteiger partial charge < -0.3 is 5.32 Å². The number of halogens is 1. The molecule has 1 amide bonds. The maximum atomic E-state index is 12.5. The number of carbonyl (C=O) groups is 1. The first-order chi connectivity index (χ1) is 13.3. The van der Waals surface area contributed by atoms with Crippen molar-refractivity contribution in [3.05, 3.63) is 94.5 Å². The molecule has 5 nitrogen and oxygen atoms in total. The highest BCUT2D eigenvalue weighted by atomic mass is 35.5. The Morgan fingerprint density at radius 1 is 0.964 bits per heavy atom. The van der Waals surface area contributed by atoms with E-state index in [2.05, 4.69) is 10.0 Å². The van der Waals surface area contributed by atoms with Crippen molar-refractivity contribution in [3.8, 4) is 0 Å². The smallest absolute Gasteiger partial charge is 0.255 e. The van der Waals surface area contributed by atoms with Gasteiger partial charge in [0.2, 0.25) is 10.0 Å². The predicted octanol–water partition coefficient (Wildman–Crippen LogP) is 4.38. The van der Waals surface area contributed by atoms with Crippen LogP contribution in [0.15, 0.2) is 77.7 Å². The van der Waals surface area contributed by atoms with E-state index in [1.54, 1.807) is 48.5 Å². The van der Waals surface area contributed by atoms with Crippen molar-refractivity contribution in [1.29, 1.82) is 0 Å². The topological polar surface area (TPSA) is 75.3 Å². The SMILES string of the molecule is Cc1cccc(C(=O)Nc2ccc(S(=O)(=O)NCc3cccc(Cl)c3)cc2)c1. The number of rotatable bonds is 6. The first-order valence-corrected chi connectivity index (χ1v) is 10.4. The molecule has 0 bridgehead atoms. The molecule has 144 valence electrons. The molecule has 0 aromatic heterocycles. The number of carbonyl (C=O) groups excluding carboxylic acids is 1. The molecule has 3 aromatic rings. The summed E-state index contributed by atoms with van der Waals surface area (Å²) in [5, 5.41) is 3.31. The third-order valence-corrected chi connectivity index (χ3v) is 5.71. The minimum atomic E-state index is -3.68. The molecule has 2 N–H and O–H groups in total. The Labute approximate surface area is 169 Å². The third kappa shape index (κ3) is 5.19. The van der Waals surface area contributed by atoms with Gasteiger partial charge in [-0.2, -0.15) is 0 Å². The summed E-state index contributed by atoms with van der Waals surface area (Å²) >= 11 is 5.91. The molecule has 0 heterocycles. The molecule has 3 aromatic carbocycles. The molecule has 7 heteroatoms. The molecule has 0 radical (unpaired) electrons. The molecule has 0 aliphatic heterocycles. The monoisotopic (exact) mass is 414 g/mol. The average molecular weight is 415 g/mol. The highest BCUT2D eigenvalue weighted by molar-refractivity contribution is 7.89. The highest BCUT2D eigenvalue weighted by Gasteiger charge is 2.14. The summed E-state index contributed by atoms with van der Waals surface area (Å²) in [7, 11) is -3.68. The number of hydrogen-bond acceptors (Lipinski definition) is 3. The van der Waals surface area contributed by atoms with Crippen LogP contribution in [-0.4, -0.2) is 14.3 Å². The van der Waals surface area contributed by atoms with Crippen LogP contribution in [0.25, 0.3) is 0 Å². The van der Waals surface area contributed by atoms with Crippen LogP contribution in [0.5, 0.6) is 0 Å². The van der Waals surface area contributed by atoms with Crippen LogP contribution in [0.1, 0.15) is 21.5 Å². The van der Waals surface area contributed by atoms with Crippen LogP contribution in [0.3, 0.4) is 0 Å². The molecular weight excluding hydrogens is 396 g/mol. The van der Waals surface area contributed by atoms with Crippen LogP contribution < -0.4 is 10.0 Å². The number of aryl methyl sites for hydroxylation is 1. The minimum absolute atomic E-state index is 0.114. The molecule has 3 rings (SSSR count). The molecule has 0 atom stereocenters. The normalized spacial score (nSPS) is 11.2. The number of benzene rings is 3. The highest BCUT2D eigenvalue weighted by Crippen LogP contribution is 2.16. The van der Waals surface area contributed by atoms with E-state index < -0.39 is 10.0 Å². The second-order valence-corrected chi connectivity index (χ2v) is 8.51. The van der Waals surface area contributed by atoms with Crippen LogP contribution >= 0.6 is 11.6 Å². The Hall–Kier alpha value is -2.67. The zero-order valence-electron chi connectivity index (χ0n) is 15.1. The standard InChI is InChI=1S/C21H19ClN2O3S/c1-15-4-2-6-17(12-15)21(25)24-19-8-10-20(11-9-19)28(26,27)23-14-16-5-3-7-18(22)13-16/h2-13,23H,14H2,1H3,(H,24,25). The lowest BCUT2D eigenvalue weighted by molar-refractivity contribution is 0.102. The van der Waals surface area contributed by atoms with E-state index in [1.165, 1.54) is 12.1 Å². The molecule has 0 saturated heterocycles. The summed E-state index contributed by atoms with van der Waals surface area (Å²) in [5.41, 5.74) is 2.80. The second kappa shape index (κ2) is 8.56. The van der Waals surface area contributed by atoms with E-state index in [0.29, 0.717) is 16.3 Å². The Kier molecular flexibility index (Phi) is 6.14. The van der Waals surface area contributed by atoms with Gasteiger partial charge in [0.05, 0.1) is 4.90 Å². The van der Waals surface area contributed by atoms with Gasteiger partial charge in [0, 0.05) is 22.8 Å². The van der Waals surface area contributed by atoms with Gasteiger partial charge in [0.15, 0.2) is 0 Å². The summed E-state index contributed by atoms with van der Waals surface area (Å²) in [5.74, 6) is -0.251. The molecule has 0 aliphatic rings. The van der Waals surface area contributed by atoms with Crippen LogP contribution in [-0.2, 0) is 16.6 Å². The Bertz CT molecular complexity index is 1100. The molecule has 0 spiro atoms. The zero-order valence-corrected chi connectivity index (χ0v) is 16.7.